The third-order valence-corrected chi connectivity index (χ3v) is 3.09. The molecule has 0 aliphatic heterocycles. The molecule has 7 heavy (non-hydrogen) atoms. The quantitative estimate of drug-likeness (QED) is 0.660. The Kier molecular flexibility index (Phi) is 3.41. The van der Waals surface area contributed by atoms with E-state index < -0.39 is 24.2 Å². The van der Waals surface area contributed by atoms with Crippen LogP contribution in [0.5, 0.6) is 0 Å². The summed E-state index contributed by atoms with van der Waals surface area (Å²) in [6.45, 7) is 2.98. The van der Waals surface area contributed by atoms with E-state index in [1.165, 1.54) is 13.8 Å². The summed E-state index contributed by atoms with van der Waals surface area (Å²) in [6, 6.07) is 0. The third kappa shape index (κ3) is 6.26. The van der Waals surface area contributed by atoms with E-state index in [2.05, 4.69) is 0 Å². The van der Waals surface area contributed by atoms with E-state index >= 15 is 0 Å². The molecule has 0 saturated carbocycles. The molecule has 0 aromatic rings. The second-order valence-corrected chi connectivity index (χ2v) is 7.68. The summed E-state index contributed by atoms with van der Waals surface area (Å²) in [5, 5.41) is 0. The fourth-order valence-electron chi connectivity index (χ4n) is 0.248. The van der Waals surface area contributed by atoms with Gasteiger partial charge in [0.05, 0.1) is 0 Å². The van der Waals surface area contributed by atoms with Crippen molar-refractivity contribution in [1.82, 2.24) is 0 Å². The molecule has 0 atom stereocenters. The Hall–Kier alpha value is 0.262. The summed E-state index contributed by atoms with van der Waals surface area (Å²) < 4.78 is 0.264. The van der Waals surface area contributed by atoms with Gasteiger partial charge in [0.2, 0.25) is 0 Å². The summed E-state index contributed by atoms with van der Waals surface area (Å²) in [6.07, 6.45) is 0. The van der Waals surface area contributed by atoms with Crippen LogP contribution in [0.2, 0.25) is 0 Å². The molecule has 0 saturated heterocycles. The maximum atomic E-state index is 10.1. The number of carbonyl (C=O) groups is 2. The molecule has 0 fully saturated rings. The molecular weight excluding hydrogens is 287 g/mol. The van der Waals surface area contributed by atoms with Crippen LogP contribution < -0.4 is 0 Å². The van der Waals surface area contributed by atoms with Gasteiger partial charge in [-0.05, 0) is 0 Å². The Labute approximate surface area is 54.5 Å². The summed E-state index contributed by atoms with van der Waals surface area (Å²) >= 11 is -1.43. The van der Waals surface area contributed by atoms with E-state index in [1.807, 2.05) is 0 Å². The zero-order valence-electron chi connectivity index (χ0n) is 4.32. The summed E-state index contributed by atoms with van der Waals surface area (Å²) in [4.78, 5) is 20.2. The van der Waals surface area contributed by atoms with Crippen LogP contribution in [0.25, 0.3) is 0 Å². The van der Waals surface area contributed by atoms with Crippen LogP contribution in [0.1, 0.15) is 13.8 Å². The summed E-state index contributed by atoms with van der Waals surface area (Å²) in [5.74, 6) is 0. The molecule has 36 valence electrons. The van der Waals surface area contributed by atoms with E-state index in [-0.39, 0.29) is 6.68 Å². The molecule has 0 heterocycles. The predicted octanol–water partition coefficient (Wildman–Crippen LogP) is -0.216. The first kappa shape index (κ1) is 7.26. The van der Waals surface area contributed by atoms with E-state index in [0.717, 1.165) is 0 Å². The zero-order valence-corrected chi connectivity index (χ0v) is 8.20. The molecule has 0 amide bonds. The van der Waals surface area contributed by atoms with Crippen molar-refractivity contribution in [3.63, 3.8) is 0 Å². The first-order valence-corrected chi connectivity index (χ1v) is 5.80. The Bertz CT molecular complexity index is 85.9. The van der Waals surface area contributed by atoms with E-state index in [1.54, 1.807) is 0 Å². The Morgan fingerprint density at radius 2 is 1.43 bits per heavy atom. The molecular formula is C4H6O2Pb+2. The predicted molar refractivity (Wildman–Crippen MR) is 27.1 cm³/mol. The Balaban J connectivity index is 3.32. The molecule has 0 aromatic heterocycles. The molecule has 3 heteroatoms. The van der Waals surface area contributed by atoms with Crippen LogP contribution in [0.4, 0.5) is 0 Å². The number of hydrogen-bond acceptors (Lipinski definition) is 2. The molecule has 0 aromatic carbocycles. The molecule has 0 unspecified atom stereocenters. The van der Waals surface area contributed by atoms with Crippen molar-refractivity contribution in [2.75, 3.05) is 0 Å². The van der Waals surface area contributed by atoms with Gasteiger partial charge in [-0.1, -0.05) is 0 Å². The minimum atomic E-state index is -1.43. The van der Waals surface area contributed by atoms with Crippen molar-refractivity contribution in [1.29, 1.82) is 0 Å². The van der Waals surface area contributed by atoms with Crippen LogP contribution in [-0.4, -0.2) is 30.9 Å². The Morgan fingerprint density at radius 1 is 1.14 bits per heavy atom. The molecule has 0 aliphatic rings. The van der Waals surface area contributed by atoms with Gasteiger partial charge in [0.25, 0.3) is 0 Å². The van der Waals surface area contributed by atoms with Gasteiger partial charge in [-0.3, -0.25) is 0 Å². The molecule has 0 radical (unpaired) electrons. The summed E-state index contributed by atoms with van der Waals surface area (Å²) in [5.41, 5.74) is 0. The van der Waals surface area contributed by atoms with Gasteiger partial charge in [-0.2, -0.15) is 0 Å². The van der Waals surface area contributed by atoms with Crippen molar-refractivity contribution in [3.05, 3.63) is 0 Å². The van der Waals surface area contributed by atoms with E-state index in [0.29, 0.717) is 0 Å². The summed E-state index contributed by atoms with van der Waals surface area (Å²) in [7, 11) is 0. The molecule has 0 spiro atoms. The van der Waals surface area contributed by atoms with Crippen molar-refractivity contribution in [3.8, 4) is 0 Å². The van der Waals surface area contributed by atoms with Crippen molar-refractivity contribution >= 4 is 30.9 Å². The van der Waals surface area contributed by atoms with Crippen molar-refractivity contribution < 1.29 is 9.59 Å². The molecule has 0 bridgehead atoms. The molecule has 0 N–H and O–H groups in total. The first-order valence-electron chi connectivity index (χ1n) is 1.91. The fraction of sp³-hybridized carbons (Fsp3) is 0.500. The molecule has 2 nitrogen and oxygen atoms in total. The average Bonchev–Trinajstić information content (AvgIpc) is 1.27. The van der Waals surface area contributed by atoms with E-state index in [9.17, 15) is 9.59 Å². The standard InChI is InChI=1S/2C2H3O.Pb/c2*1-2-3;/h2*1H3;/q;;+2. The average molecular weight is 293 g/mol. The zero-order chi connectivity index (χ0) is 5.86. The monoisotopic (exact) mass is 294 g/mol. The van der Waals surface area contributed by atoms with Gasteiger partial charge in [0.15, 0.2) is 0 Å². The van der Waals surface area contributed by atoms with Crippen molar-refractivity contribution in [2.24, 2.45) is 0 Å². The number of hydrogen-bond donors (Lipinski definition) is 0. The van der Waals surface area contributed by atoms with Gasteiger partial charge in [0, 0.05) is 0 Å². The Morgan fingerprint density at radius 3 is 1.43 bits per heavy atom. The topological polar surface area (TPSA) is 34.1 Å². The van der Waals surface area contributed by atoms with Crippen LogP contribution >= 0.6 is 0 Å². The molecule has 0 rings (SSSR count). The molecule has 0 aliphatic carbocycles. The second-order valence-electron chi connectivity index (χ2n) is 1.24. The van der Waals surface area contributed by atoms with Crippen molar-refractivity contribution in [2.45, 2.75) is 13.8 Å². The van der Waals surface area contributed by atoms with Crippen LogP contribution in [0, 0.1) is 0 Å². The van der Waals surface area contributed by atoms with Gasteiger partial charge in [-0.25, -0.2) is 0 Å². The van der Waals surface area contributed by atoms with Gasteiger partial charge >= 0.3 is 54.4 Å². The van der Waals surface area contributed by atoms with Crippen LogP contribution in [-0.2, 0) is 9.59 Å². The SMILES string of the molecule is C[C](=O)[Pb+2][C](C)=O. The number of carbonyl (C=O) groups excluding carboxylic acids is 2. The number of rotatable bonds is 2. The van der Waals surface area contributed by atoms with Gasteiger partial charge in [-0.15, -0.1) is 0 Å². The first-order chi connectivity index (χ1) is 3.13. The minimum absolute atomic E-state index is 0.132. The van der Waals surface area contributed by atoms with Crippen LogP contribution in [0.3, 0.4) is 0 Å². The van der Waals surface area contributed by atoms with Crippen LogP contribution in [0.15, 0.2) is 0 Å². The fourth-order valence-corrected chi connectivity index (χ4v) is 2.18. The maximum absolute atomic E-state index is 10.1. The third-order valence-electron chi connectivity index (χ3n) is 0.352. The normalized spacial score (nSPS) is 7.14. The van der Waals surface area contributed by atoms with Gasteiger partial charge < -0.3 is 0 Å². The second kappa shape index (κ2) is 3.29. The van der Waals surface area contributed by atoms with Gasteiger partial charge in [0.1, 0.15) is 0 Å². The van der Waals surface area contributed by atoms with E-state index in [4.69, 9.17) is 0 Å².